The van der Waals surface area contributed by atoms with Crippen LogP contribution in [0.15, 0.2) is 35.5 Å². The second kappa shape index (κ2) is 9.72. The van der Waals surface area contributed by atoms with Crippen molar-refractivity contribution >= 4 is 17.6 Å². The van der Waals surface area contributed by atoms with E-state index >= 15 is 0 Å². The Morgan fingerprint density at radius 1 is 1.11 bits per heavy atom. The molecule has 28 heavy (non-hydrogen) atoms. The summed E-state index contributed by atoms with van der Waals surface area (Å²) in [5.41, 5.74) is 2.95. The zero-order valence-electron chi connectivity index (χ0n) is 15.1. The first-order valence-electron chi connectivity index (χ1n) is 8.15. The van der Waals surface area contributed by atoms with Gasteiger partial charge in [0.1, 0.15) is 0 Å². The second-order valence-electron chi connectivity index (χ2n) is 5.47. The Morgan fingerprint density at radius 3 is 1.93 bits per heavy atom. The number of carbonyl (C=O) groups excluding carboxylic acids is 2. The van der Waals surface area contributed by atoms with Crippen LogP contribution in [0.1, 0.15) is 19.4 Å². The Kier molecular flexibility index (Phi) is 7.96. The Morgan fingerprint density at radius 2 is 1.57 bits per heavy atom. The Labute approximate surface area is 158 Å². The highest BCUT2D eigenvalue weighted by molar-refractivity contribution is 5.98. The van der Waals surface area contributed by atoms with Gasteiger partial charge in [-0.3, -0.25) is 19.7 Å². The van der Waals surface area contributed by atoms with Crippen LogP contribution in [-0.2, 0) is 25.5 Å². The summed E-state index contributed by atoms with van der Waals surface area (Å²) in [5.74, 6) is -4.60. The van der Waals surface area contributed by atoms with Gasteiger partial charge in [0.25, 0.3) is 5.69 Å². The Balaban J connectivity index is 3.39. The lowest BCUT2D eigenvalue weighted by Gasteiger charge is -2.20. The highest BCUT2D eigenvalue weighted by Crippen LogP contribution is 2.33. The first-order valence-corrected chi connectivity index (χ1v) is 8.15. The zero-order valence-corrected chi connectivity index (χ0v) is 15.1. The summed E-state index contributed by atoms with van der Waals surface area (Å²) in [6.07, 6.45) is -5.77. The van der Waals surface area contributed by atoms with E-state index in [4.69, 9.17) is 5.73 Å². The van der Waals surface area contributed by atoms with E-state index < -0.39 is 46.6 Å². The van der Waals surface area contributed by atoms with Crippen molar-refractivity contribution in [3.63, 3.8) is 0 Å². The third-order valence-electron chi connectivity index (χ3n) is 3.57. The van der Waals surface area contributed by atoms with Gasteiger partial charge in [-0.05, 0) is 19.4 Å². The lowest BCUT2D eigenvalue weighted by atomic mass is 9.95. The molecule has 0 heterocycles. The number of hydrogen-bond donors (Lipinski definition) is 1. The van der Waals surface area contributed by atoms with E-state index in [1.165, 1.54) is 13.8 Å². The molecule has 11 heteroatoms. The van der Waals surface area contributed by atoms with Crippen LogP contribution in [0.3, 0.4) is 0 Å². The number of nitrogens with two attached hydrogens (primary N) is 1. The SMILES string of the molecule is CCOC(=O)C(C(=O)OCC)/C(N)=C(\Cc1ccc([N+](=O)[O-])cc1)C(F)(F)F. The average molecular weight is 404 g/mol. The highest BCUT2D eigenvalue weighted by Gasteiger charge is 2.42. The van der Waals surface area contributed by atoms with Crippen molar-refractivity contribution in [3.8, 4) is 0 Å². The zero-order chi connectivity index (χ0) is 21.5. The molecule has 0 unspecified atom stereocenters. The van der Waals surface area contributed by atoms with Crippen molar-refractivity contribution in [2.75, 3.05) is 13.2 Å². The minimum Gasteiger partial charge on any atom is -0.465 e. The van der Waals surface area contributed by atoms with Gasteiger partial charge < -0.3 is 15.2 Å². The van der Waals surface area contributed by atoms with E-state index in [0.717, 1.165) is 24.3 Å². The standard InChI is InChI=1S/C17H19F3N2O6/c1-3-27-15(23)13(16(24)28-4-2)14(21)12(17(18,19)20)9-10-5-7-11(8-6-10)22(25)26/h5-8,13H,3-4,9,21H2,1-2H3/b14-12-. The molecule has 0 bridgehead atoms. The highest BCUT2D eigenvalue weighted by atomic mass is 19.4. The predicted molar refractivity (Wildman–Crippen MR) is 90.8 cm³/mol. The number of nitro groups is 1. The van der Waals surface area contributed by atoms with Gasteiger partial charge in [0, 0.05) is 24.3 Å². The summed E-state index contributed by atoms with van der Waals surface area (Å²) >= 11 is 0. The van der Waals surface area contributed by atoms with Gasteiger partial charge in [-0.1, -0.05) is 12.1 Å². The maximum absolute atomic E-state index is 13.6. The van der Waals surface area contributed by atoms with Gasteiger partial charge in [-0.25, -0.2) is 0 Å². The molecular formula is C17H19F3N2O6. The number of esters is 2. The van der Waals surface area contributed by atoms with Crippen LogP contribution in [0.5, 0.6) is 0 Å². The van der Waals surface area contributed by atoms with Crippen LogP contribution in [0.25, 0.3) is 0 Å². The average Bonchev–Trinajstić information content (AvgIpc) is 2.59. The van der Waals surface area contributed by atoms with E-state index in [1.54, 1.807) is 0 Å². The second-order valence-corrected chi connectivity index (χ2v) is 5.47. The smallest absolute Gasteiger partial charge is 0.414 e. The van der Waals surface area contributed by atoms with Crippen molar-refractivity contribution in [1.82, 2.24) is 0 Å². The molecule has 0 aliphatic heterocycles. The molecular weight excluding hydrogens is 385 g/mol. The number of non-ortho nitro benzene ring substituents is 1. The van der Waals surface area contributed by atoms with E-state index in [1.807, 2.05) is 0 Å². The number of hydrogen-bond acceptors (Lipinski definition) is 7. The summed E-state index contributed by atoms with van der Waals surface area (Å²) in [6, 6.07) is 4.32. The fraction of sp³-hybridized carbons (Fsp3) is 0.412. The molecule has 1 aromatic carbocycles. The molecule has 0 aliphatic rings. The molecule has 1 aromatic rings. The van der Waals surface area contributed by atoms with Gasteiger partial charge in [-0.15, -0.1) is 0 Å². The molecule has 0 saturated heterocycles. The fourth-order valence-electron chi connectivity index (χ4n) is 2.28. The van der Waals surface area contributed by atoms with E-state index in [9.17, 15) is 32.9 Å². The number of rotatable bonds is 8. The van der Waals surface area contributed by atoms with Gasteiger partial charge in [-0.2, -0.15) is 13.2 Å². The summed E-state index contributed by atoms with van der Waals surface area (Å²) < 4.78 is 50.0. The number of halogens is 3. The van der Waals surface area contributed by atoms with Crippen molar-refractivity contribution in [3.05, 3.63) is 51.2 Å². The van der Waals surface area contributed by atoms with E-state index in [2.05, 4.69) is 9.47 Å². The third kappa shape index (κ3) is 5.96. The van der Waals surface area contributed by atoms with Gasteiger partial charge in [0.05, 0.1) is 23.7 Å². The normalized spacial score (nSPS) is 12.4. The lowest BCUT2D eigenvalue weighted by molar-refractivity contribution is -0.384. The van der Waals surface area contributed by atoms with Crippen LogP contribution >= 0.6 is 0 Å². The van der Waals surface area contributed by atoms with Crippen LogP contribution in [0.4, 0.5) is 18.9 Å². The summed E-state index contributed by atoms with van der Waals surface area (Å²) in [4.78, 5) is 34.0. The number of nitrogens with zero attached hydrogens (tertiary/aromatic N) is 1. The first-order chi connectivity index (χ1) is 13.0. The molecule has 0 aromatic heterocycles. The maximum atomic E-state index is 13.6. The molecule has 0 saturated carbocycles. The number of benzene rings is 1. The molecule has 0 spiro atoms. The fourth-order valence-corrected chi connectivity index (χ4v) is 2.28. The monoisotopic (exact) mass is 404 g/mol. The van der Waals surface area contributed by atoms with E-state index in [0.29, 0.717) is 0 Å². The van der Waals surface area contributed by atoms with Gasteiger partial charge in [0.15, 0.2) is 5.92 Å². The molecule has 0 fully saturated rings. The first kappa shape index (κ1) is 22.9. The molecule has 1 rings (SSSR count). The van der Waals surface area contributed by atoms with Crippen molar-refractivity contribution < 1.29 is 37.2 Å². The topological polar surface area (TPSA) is 122 Å². The summed E-state index contributed by atoms with van der Waals surface area (Å²) in [7, 11) is 0. The molecule has 0 atom stereocenters. The Hall–Kier alpha value is -3.11. The molecule has 0 amide bonds. The maximum Gasteiger partial charge on any atom is 0.414 e. The van der Waals surface area contributed by atoms with Crippen LogP contribution in [-0.4, -0.2) is 36.3 Å². The lowest BCUT2D eigenvalue weighted by Crippen LogP contribution is -2.36. The number of alkyl halides is 3. The quantitative estimate of drug-likeness (QED) is 0.306. The minimum absolute atomic E-state index is 0.0485. The van der Waals surface area contributed by atoms with Crippen molar-refractivity contribution in [2.24, 2.45) is 11.7 Å². The number of ether oxygens (including phenoxy) is 2. The Bertz CT molecular complexity index is 741. The molecule has 8 nitrogen and oxygen atoms in total. The number of carbonyl (C=O) groups is 2. The molecule has 0 radical (unpaired) electrons. The summed E-state index contributed by atoms with van der Waals surface area (Å²) in [5, 5.41) is 10.7. The van der Waals surface area contributed by atoms with Crippen LogP contribution in [0.2, 0.25) is 0 Å². The predicted octanol–water partition coefficient (Wildman–Crippen LogP) is 2.65. The van der Waals surface area contributed by atoms with Gasteiger partial charge >= 0.3 is 18.1 Å². The number of nitro benzene ring substituents is 1. The largest absolute Gasteiger partial charge is 0.465 e. The van der Waals surface area contributed by atoms with E-state index in [-0.39, 0.29) is 24.5 Å². The third-order valence-corrected chi connectivity index (χ3v) is 3.57. The van der Waals surface area contributed by atoms with Crippen molar-refractivity contribution in [1.29, 1.82) is 0 Å². The van der Waals surface area contributed by atoms with Crippen LogP contribution < -0.4 is 5.73 Å². The number of allylic oxidation sites excluding steroid dienone is 1. The minimum atomic E-state index is -4.97. The molecule has 2 N–H and O–H groups in total. The molecule has 154 valence electrons. The molecule has 0 aliphatic carbocycles. The van der Waals surface area contributed by atoms with Crippen molar-refractivity contribution in [2.45, 2.75) is 26.4 Å². The van der Waals surface area contributed by atoms with Gasteiger partial charge in [0.2, 0.25) is 0 Å². The summed E-state index contributed by atoms with van der Waals surface area (Å²) in [6.45, 7) is 2.49. The van der Waals surface area contributed by atoms with Crippen LogP contribution in [0, 0.1) is 16.0 Å².